The van der Waals surface area contributed by atoms with Crippen molar-refractivity contribution in [2.24, 2.45) is 0 Å². The van der Waals surface area contributed by atoms with E-state index in [-0.39, 0.29) is 0 Å². The first-order chi connectivity index (χ1) is 12.1. The van der Waals surface area contributed by atoms with Gasteiger partial charge in [0.05, 0.1) is 11.7 Å². The summed E-state index contributed by atoms with van der Waals surface area (Å²) in [6.07, 6.45) is 1.85. The zero-order valence-electron chi connectivity index (χ0n) is 15.2. The molecule has 0 radical (unpaired) electrons. The van der Waals surface area contributed by atoms with Gasteiger partial charge in [-0.1, -0.05) is 24.3 Å². The Morgan fingerprint density at radius 3 is 2.60 bits per heavy atom. The minimum atomic E-state index is 0.705. The van der Waals surface area contributed by atoms with Crippen molar-refractivity contribution in [2.75, 3.05) is 34.3 Å². The van der Waals surface area contributed by atoms with Crippen molar-refractivity contribution in [3.05, 3.63) is 59.8 Å². The van der Waals surface area contributed by atoms with Gasteiger partial charge in [0, 0.05) is 25.0 Å². The zero-order chi connectivity index (χ0) is 17.6. The number of nitrogens with one attached hydrogen (secondary N) is 1. The fourth-order valence-corrected chi connectivity index (χ4v) is 2.84. The Hall–Kier alpha value is -2.37. The molecule has 0 saturated carbocycles. The van der Waals surface area contributed by atoms with Crippen LogP contribution in [-0.2, 0) is 13.1 Å². The molecule has 0 fully saturated rings. The Morgan fingerprint density at radius 2 is 1.80 bits per heavy atom. The van der Waals surface area contributed by atoms with Crippen LogP contribution in [0.25, 0.3) is 10.9 Å². The highest BCUT2D eigenvalue weighted by molar-refractivity contribution is 5.78. The predicted molar refractivity (Wildman–Crippen MR) is 102 cm³/mol. The van der Waals surface area contributed by atoms with Crippen LogP contribution in [0.4, 0.5) is 0 Å². The van der Waals surface area contributed by atoms with Crippen LogP contribution in [0.3, 0.4) is 0 Å². The number of nitrogens with zero attached hydrogens (tertiary/aromatic N) is 3. The summed E-state index contributed by atoms with van der Waals surface area (Å²) in [6.45, 7) is 3.39. The second kappa shape index (κ2) is 8.14. The molecule has 1 N–H and O–H groups in total. The number of benzene rings is 2. The lowest BCUT2D eigenvalue weighted by molar-refractivity contribution is 0.260. The summed E-state index contributed by atoms with van der Waals surface area (Å²) in [6, 6.07) is 14.8. The molecule has 132 valence electrons. The summed E-state index contributed by atoms with van der Waals surface area (Å²) in [5.41, 5.74) is 3.62. The van der Waals surface area contributed by atoms with Gasteiger partial charge in [0.2, 0.25) is 0 Å². The lowest BCUT2D eigenvalue weighted by Crippen LogP contribution is -2.19. The van der Waals surface area contributed by atoms with Gasteiger partial charge < -0.3 is 9.64 Å². The molecule has 0 bridgehead atoms. The molecular formula is C20H26N4O. The topological polar surface area (TPSA) is 44.4 Å². The van der Waals surface area contributed by atoms with Crippen LogP contribution in [0.1, 0.15) is 11.1 Å². The van der Waals surface area contributed by atoms with Gasteiger partial charge in [-0.2, -0.15) is 5.10 Å². The first-order valence-corrected chi connectivity index (χ1v) is 8.57. The molecule has 0 amide bonds. The Kier molecular flexibility index (Phi) is 5.68. The Labute approximate surface area is 149 Å². The quantitative estimate of drug-likeness (QED) is 0.685. The number of ether oxygens (including phenoxy) is 1. The van der Waals surface area contributed by atoms with Gasteiger partial charge >= 0.3 is 0 Å². The average Bonchev–Trinajstić information content (AvgIpc) is 3.02. The van der Waals surface area contributed by atoms with Crippen molar-refractivity contribution in [3.63, 3.8) is 0 Å². The number of aromatic nitrogens is 2. The third kappa shape index (κ3) is 5.05. The Bertz CT molecular complexity index is 812. The maximum Gasteiger partial charge on any atom is 0.119 e. The number of rotatable bonds is 8. The lowest BCUT2D eigenvalue weighted by atomic mass is 10.1. The number of hydrogen-bond donors (Lipinski definition) is 1. The van der Waals surface area contributed by atoms with Gasteiger partial charge in [-0.05, 0) is 50.5 Å². The molecule has 0 atom stereocenters. The van der Waals surface area contributed by atoms with E-state index in [1.54, 1.807) is 0 Å². The van der Waals surface area contributed by atoms with E-state index in [4.69, 9.17) is 4.74 Å². The minimum absolute atomic E-state index is 0.705. The van der Waals surface area contributed by atoms with E-state index in [0.717, 1.165) is 36.3 Å². The van der Waals surface area contributed by atoms with Crippen molar-refractivity contribution in [1.29, 1.82) is 0 Å². The largest absolute Gasteiger partial charge is 0.492 e. The van der Waals surface area contributed by atoms with E-state index in [2.05, 4.69) is 77.5 Å². The predicted octanol–water partition coefficient (Wildman–Crippen LogP) is 3.14. The summed E-state index contributed by atoms with van der Waals surface area (Å²) in [4.78, 5) is 4.42. The van der Waals surface area contributed by atoms with Crippen LogP contribution in [0.2, 0.25) is 0 Å². The molecule has 3 aromatic rings. The first-order valence-electron chi connectivity index (χ1n) is 8.57. The first kappa shape index (κ1) is 17.5. The highest BCUT2D eigenvalue weighted by Gasteiger charge is 2.05. The summed E-state index contributed by atoms with van der Waals surface area (Å²) in [5.74, 6) is 0.937. The fraction of sp³-hybridized carbons (Fsp3) is 0.350. The van der Waals surface area contributed by atoms with E-state index < -0.39 is 0 Å². The Morgan fingerprint density at radius 1 is 1.00 bits per heavy atom. The zero-order valence-corrected chi connectivity index (χ0v) is 15.2. The highest BCUT2D eigenvalue weighted by atomic mass is 16.5. The summed E-state index contributed by atoms with van der Waals surface area (Å²) in [5, 5.41) is 8.26. The van der Waals surface area contributed by atoms with Gasteiger partial charge in [0.1, 0.15) is 12.4 Å². The molecule has 0 aliphatic carbocycles. The molecule has 3 rings (SSSR count). The van der Waals surface area contributed by atoms with E-state index in [1.807, 2.05) is 12.3 Å². The van der Waals surface area contributed by atoms with Crippen molar-refractivity contribution >= 4 is 10.9 Å². The molecule has 5 nitrogen and oxygen atoms in total. The maximum absolute atomic E-state index is 5.83. The molecule has 25 heavy (non-hydrogen) atoms. The number of hydrogen-bond acceptors (Lipinski definition) is 4. The monoisotopic (exact) mass is 338 g/mol. The van der Waals surface area contributed by atoms with Gasteiger partial charge in [-0.15, -0.1) is 0 Å². The van der Waals surface area contributed by atoms with Crippen LogP contribution in [-0.4, -0.2) is 54.3 Å². The van der Waals surface area contributed by atoms with Crippen LogP contribution in [0.15, 0.2) is 48.7 Å². The number of aromatic amines is 1. The van der Waals surface area contributed by atoms with Gasteiger partial charge in [0.15, 0.2) is 0 Å². The average molecular weight is 338 g/mol. The van der Waals surface area contributed by atoms with Crippen LogP contribution in [0, 0.1) is 0 Å². The second-order valence-electron chi connectivity index (χ2n) is 6.76. The number of fused-ring (bicyclic) bond motifs is 1. The molecule has 5 heteroatoms. The van der Waals surface area contributed by atoms with Gasteiger partial charge in [-0.3, -0.25) is 10.00 Å². The van der Waals surface area contributed by atoms with Crippen molar-refractivity contribution in [1.82, 2.24) is 20.0 Å². The molecule has 0 aliphatic heterocycles. The fourth-order valence-electron chi connectivity index (χ4n) is 2.84. The van der Waals surface area contributed by atoms with Crippen molar-refractivity contribution < 1.29 is 4.74 Å². The third-order valence-electron chi connectivity index (χ3n) is 4.12. The second-order valence-corrected chi connectivity index (χ2v) is 6.76. The molecule has 0 saturated heterocycles. The van der Waals surface area contributed by atoms with E-state index in [0.29, 0.717) is 6.61 Å². The normalized spacial score (nSPS) is 11.6. The standard InChI is InChI=1S/C20H26N4O/c1-23(2)9-10-25-19-6-4-5-16(11-19)14-24(3)15-17-7-8-18-13-21-22-20(18)12-17/h4-8,11-13H,9-10,14-15H2,1-3H3,(H,21,22). The van der Waals surface area contributed by atoms with E-state index >= 15 is 0 Å². The number of likely N-dealkylation sites (N-methyl/N-ethyl adjacent to an activating group) is 1. The smallest absolute Gasteiger partial charge is 0.119 e. The van der Waals surface area contributed by atoms with Gasteiger partial charge in [-0.25, -0.2) is 0 Å². The maximum atomic E-state index is 5.83. The third-order valence-corrected chi connectivity index (χ3v) is 4.12. The molecule has 1 aromatic heterocycles. The molecular weight excluding hydrogens is 312 g/mol. The minimum Gasteiger partial charge on any atom is -0.492 e. The number of H-pyrrole nitrogens is 1. The molecule has 1 heterocycles. The van der Waals surface area contributed by atoms with Crippen LogP contribution in [0.5, 0.6) is 5.75 Å². The van der Waals surface area contributed by atoms with E-state index in [1.165, 1.54) is 11.1 Å². The summed E-state index contributed by atoms with van der Waals surface area (Å²) in [7, 11) is 6.24. The van der Waals surface area contributed by atoms with Gasteiger partial charge in [0.25, 0.3) is 0 Å². The van der Waals surface area contributed by atoms with Crippen molar-refractivity contribution in [2.45, 2.75) is 13.1 Å². The SMILES string of the molecule is CN(C)CCOc1cccc(CN(C)Cc2ccc3cn[nH]c3c2)c1. The summed E-state index contributed by atoms with van der Waals surface area (Å²) >= 11 is 0. The van der Waals surface area contributed by atoms with E-state index in [9.17, 15) is 0 Å². The van der Waals surface area contributed by atoms with Crippen LogP contribution < -0.4 is 4.74 Å². The van der Waals surface area contributed by atoms with Crippen LogP contribution >= 0.6 is 0 Å². The summed E-state index contributed by atoms with van der Waals surface area (Å²) < 4.78 is 5.83. The van der Waals surface area contributed by atoms with Crippen molar-refractivity contribution in [3.8, 4) is 5.75 Å². The lowest BCUT2D eigenvalue weighted by Gasteiger charge is -2.18. The molecule has 0 spiro atoms. The molecule has 0 unspecified atom stereocenters. The Balaban J connectivity index is 1.57. The highest BCUT2D eigenvalue weighted by Crippen LogP contribution is 2.17. The molecule has 0 aliphatic rings. The molecule has 2 aromatic carbocycles.